The van der Waals surface area contributed by atoms with Crippen LogP contribution in [0.25, 0.3) is 0 Å². The second kappa shape index (κ2) is 5.44. The fraction of sp³-hybridized carbons (Fsp3) is 0.562. The third-order valence-corrected chi connectivity index (χ3v) is 4.39. The second-order valence-electron chi connectivity index (χ2n) is 5.52. The number of nitriles is 1. The fourth-order valence-electron chi connectivity index (χ4n) is 3.10. The van der Waals surface area contributed by atoms with Crippen molar-refractivity contribution in [1.29, 1.82) is 5.26 Å². The normalized spacial score (nSPS) is 26.9. The van der Waals surface area contributed by atoms with Crippen LogP contribution in [0.2, 0.25) is 0 Å². The number of benzene rings is 1. The molecular weight excluding hydrogens is 220 g/mol. The maximum Gasteiger partial charge on any atom is 0.101 e. The molecule has 2 heteroatoms. The molecule has 96 valence electrons. The van der Waals surface area contributed by atoms with Crippen LogP contribution in [0.15, 0.2) is 18.2 Å². The molecular formula is C16H22N2. The average Bonchev–Trinajstić information content (AvgIpc) is 2.71. The molecule has 1 aromatic carbocycles. The zero-order chi connectivity index (χ0) is 13.1. The van der Waals surface area contributed by atoms with Gasteiger partial charge in [0.25, 0.3) is 0 Å². The molecule has 3 atom stereocenters. The van der Waals surface area contributed by atoms with Gasteiger partial charge in [-0.05, 0) is 49.3 Å². The summed E-state index contributed by atoms with van der Waals surface area (Å²) in [7, 11) is 0. The van der Waals surface area contributed by atoms with Crippen LogP contribution in [-0.4, -0.2) is 6.04 Å². The summed E-state index contributed by atoms with van der Waals surface area (Å²) < 4.78 is 0. The first-order chi connectivity index (χ1) is 8.65. The summed E-state index contributed by atoms with van der Waals surface area (Å²) in [5.74, 6) is 1.53. The Morgan fingerprint density at radius 1 is 1.39 bits per heavy atom. The lowest BCUT2D eigenvalue weighted by atomic mass is 9.93. The van der Waals surface area contributed by atoms with Gasteiger partial charge in [-0.3, -0.25) is 0 Å². The quantitative estimate of drug-likeness (QED) is 0.866. The SMILES string of the molecule is CCC1CCC(Nc2cc(C)ccc2C#N)C1C. The van der Waals surface area contributed by atoms with Gasteiger partial charge in [0.05, 0.1) is 11.3 Å². The first-order valence-electron chi connectivity index (χ1n) is 6.93. The molecule has 1 aliphatic carbocycles. The van der Waals surface area contributed by atoms with Crippen molar-refractivity contribution < 1.29 is 0 Å². The Balaban J connectivity index is 2.15. The summed E-state index contributed by atoms with van der Waals surface area (Å²) >= 11 is 0. The van der Waals surface area contributed by atoms with E-state index in [4.69, 9.17) is 5.26 Å². The molecule has 0 aliphatic heterocycles. The lowest BCUT2D eigenvalue weighted by Crippen LogP contribution is -2.25. The molecule has 1 N–H and O–H groups in total. The summed E-state index contributed by atoms with van der Waals surface area (Å²) in [4.78, 5) is 0. The molecule has 2 rings (SSSR count). The van der Waals surface area contributed by atoms with Crippen LogP contribution in [0.3, 0.4) is 0 Å². The highest BCUT2D eigenvalue weighted by Gasteiger charge is 2.31. The molecule has 0 bridgehead atoms. The number of hydrogen-bond donors (Lipinski definition) is 1. The Morgan fingerprint density at radius 3 is 2.78 bits per heavy atom. The van der Waals surface area contributed by atoms with Crippen LogP contribution < -0.4 is 5.32 Å². The lowest BCUT2D eigenvalue weighted by molar-refractivity contribution is 0.392. The Hall–Kier alpha value is -1.49. The molecule has 0 heterocycles. The Bertz CT molecular complexity index is 459. The van der Waals surface area contributed by atoms with Crippen molar-refractivity contribution in [1.82, 2.24) is 0 Å². The predicted octanol–water partition coefficient (Wildman–Crippen LogP) is 4.10. The number of hydrogen-bond acceptors (Lipinski definition) is 2. The number of nitrogens with one attached hydrogen (secondary N) is 1. The van der Waals surface area contributed by atoms with Gasteiger partial charge in [-0.25, -0.2) is 0 Å². The minimum atomic E-state index is 0.517. The highest BCUT2D eigenvalue weighted by Crippen LogP contribution is 2.36. The van der Waals surface area contributed by atoms with E-state index in [0.717, 1.165) is 17.2 Å². The highest BCUT2D eigenvalue weighted by atomic mass is 14.9. The Kier molecular flexibility index (Phi) is 3.91. The standard InChI is InChI=1S/C16H22N2/c1-4-13-7-8-15(12(13)3)18-16-9-11(2)5-6-14(16)10-17/h5-6,9,12-13,15,18H,4,7-8H2,1-3H3. The average molecular weight is 242 g/mol. The predicted molar refractivity (Wildman–Crippen MR) is 75.5 cm³/mol. The molecule has 1 aliphatic rings. The molecule has 18 heavy (non-hydrogen) atoms. The molecule has 2 nitrogen and oxygen atoms in total. The fourth-order valence-corrected chi connectivity index (χ4v) is 3.10. The van der Waals surface area contributed by atoms with E-state index in [1.165, 1.54) is 24.8 Å². The monoisotopic (exact) mass is 242 g/mol. The summed E-state index contributed by atoms with van der Waals surface area (Å²) in [6, 6.07) is 8.79. The lowest BCUT2D eigenvalue weighted by Gasteiger charge is -2.22. The minimum absolute atomic E-state index is 0.517. The van der Waals surface area contributed by atoms with E-state index in [1.807, 2.05) is 12.1 Å². The van der Waals surface area contributed by atoms with Gasteiger partial charge in [0.2, 0.25) is 0 Å². The molecule has 0 saturated heterocycles. The van der Waals surface area contributed by atoms with Crippen LogP contribution in [0.1, 0.15) is 44.2 Å². The smallest absolute Gasteiger partial charge is 0.101 e. The van der Waals surface area contributed by atoms with E-state index in [0.29, 0.717) is 12.0 Å². The van der Waals surface area contributed by atoms with E-state index in [2.05, 4.69) is 38.2 Å². The van der Waals surface area contributed by atoms with Crippen molar-refractivity contribution in [2.45, 2.75) is 46.1 Å². The van der Waals surface area contributed by atoms with E-state index in [1.54, 1.807) is 0 Å². The van der Waals surface area contributed by atoms with Gasteiger partial charge in [0.1, 0.15) is 6.07 Å². The topological polar surface area (TPSA) is 35.8 Å². The molecule has 0 amide bonds. The molecule has 0 spiro atoms. The van der Waals surface area contributed by atoms with Crippen molar-refractivity contribution in [3.8, 4) is 6.07 Å². The molecule has 3 unspecified atom stereocenters. The van der Waals surface area contributed by atoms with Gasteiger partial charge >= 0.3 is 0 Å². The van der Waals surface area contributed by atoms with E-state index < -0.39 is 0 Å². The van der Waals surface area contributed by atoms with Crippen molar-refractivity contribution in [3.63, 3.8) is 0 Å². The third kappa shape index (κ3) is 2.51. The number of anilines is 1. The number of rotatable bonds is 3. The van der Waals surface area contributed by atoms with E-state index >= 15 is 0 Å². The van der Waals surface area contributed by atoms with Crippen LogP contribution in [0, 0.1) is 30.1 Å². The minimum Gasteiger partial charge on any atom is -0.381 e. The van der Waals surface area contributed by atoms with Gasteiger partial charge < -0.3 is 5.32 Å². The highest BCUT2D eigenvalue weighted by molar-refractivity contribution is 5.59. The summed E-state index contributed by atoms with van der Waals surface area (Å²) in [6.07, 6.45) is 3.79. The van der Waals surface area contributed by atoms with Gasteiger partial charge in [0.15, 0.2) is 0 Å². The summed E-state index contributed by atoms with van der Waals surface area (Å²) in [6.45, 7) is 6.68. The zero-order valence-corrected chi connectivity index (χ0v) is 11.5. The first kappa shape index (κ1) is 13.0. The van der Waals surface area contributed by atoms with Crippen molar-refractivity contribution in [3.05, 3.63) is 29.3 Å². The van der Waals surface area contributed by atoms with E-state index in [9.17, 15) is 0 Å². The molecule has 1 saturated carbocycles. The van der Waals surface area contributed by atoms with Crippen molar-refractivity contribution in [2.75, 3.05) is 5.32 Å². The van der Waals surface area contributed by atoms with Gasteiger partial charge in [-0.1, -0.05) is 26.3 Å². The Morgan fingerprint density at radius 2 is 2.17 bits per heavy atom. The van der Waals surface area contributed by atoms with Gasteiger partial charge in [-0.2, -0.15) is 5.26 Å². The number of nitrogens with zero attached hydrogens (tertiary/aromatic N) is 1. The molecule has 1 fully saturated rings. The summed E-state index contributed by atoms with van der Waals surface area (Å²) in [5, 5.41) is 12.8. The summed E-state index contributed by atoms with van der Waals surface area (Å²) in [5.41, 5.74) is 2.97. The molecule has 0 aromatic heterocycles. The van der Waals surface area contributed by atoms with Crippen LogP contribution >= 0.6 is 0 Å². The van der Waals surface area contributed by atoms with E-state index in [-0.39, 0.29) is 0 Å². The third-order valence-electron chi connectivity index (χ3n) is 4.39. The largest absolute Gasteiger partial charge is 0.381 e. The zero-order valence-electron chi connectivity index (χ0n) is 11.5. The van der Waals surface area contributed by atoms with Crippen LogP contribution in [-0.2, 0) is 0 Å². The second-order valence-corrected chi connectivity index (χ2v) is 5.52. The molecule has 1 aromatic rings. The maximum atomic E-state index is 9.16. The Labute approximate surface area is 110 Å². The molecule has 0 radical (unpaired) electrons. The van der Waals surface area contributed by atoms with Crippen LogP contribution in [0.4, 0.5) is 5.69 Å². The maximum absolute atomic E-state index is 9.16. The van der Waals surface area contributed by atoms with Gasteiger partial charge in [-0.15, -0.1) is 0 Å². The number of aryl methyl sites for hydroxylation is 1. The first-order valence-corrected chi connectivity index (χ1v) is 6.93. The van der Waals surface area contributed by atoms with Gasteiger partial charge in [0, 0.05) is 6.04 Å². The van der Waals surface area contributed by atoms with Crippen molar-refractivity contribution in [2.24, 2.45) is 11.8 Å². The van der Waals surface area contributed by atoms with Crippen LogP contribution in [0.5, 0.6) is 0 Å². The van der Waals surface area contributed by atoms with Crippen molar-refractivity contribution >= 4 is 5.69 Å².